The number of aromatic hydroxyl groups is 1. The molecule has 8 heteroatoms. The largest absolute Gasteiger partial charge is 0.508 e. The second kappa shape index (κ2) is 14.0. The van der Waals surface area contributed by atoms with E-state index >= 15 is 4.79 Å². The molecule has 1 spiro atoms. The summed E-state index contributed by atoms with van der Waals surface area (Å²) in [5.74, 6) is 1.51. The van der Waals surface area contributed by atoms with Gasteiger partial charge in [0, 0.05) is 35.5 Å². The van der Waals surface area contributed by atoms with Crippen LogP contribution in [0.4, 0.5) is 5.69 Å². The third-order valence-electron chi connectivity index (χ3n) is 18.4. The molecule has 0 amide bonds. The van der Waals surface area contributed by atoms with E-state index in [0.29, 0.717) is 44.1 Å². The van der Waals surface area contributed by atoms with Gasteiger partial charge in [0.15, 0.2) is 5.78 Å². The molecule has 6 aliphatic carbocycles. The minimum absolute atomic E-state index is 0.0267. The summed E-state index contributed by atoms with van der Waals surface area (Å²) in [6.07, 6.45) is 8.44. The standard InChI is InChI=1S/C51H70N2O6/c1-29(22-39(56)44-49(7,59-44)36-17-10-16-35(36)31-12-8-14-33(52)23-31)42-37-18-19-41-47(5)28-50(32-13-9-15-34(55)24-32)20-11-21-51(37,26-40(42)57)48(41,6)25-38(53-27-30(2)54)43(47)46(3,4)45(50)58/h8-9,12-15,23-24,29-30,35-36,38-39,41,43-44,53-56H,10-11,16-22,25-28,52H2,1-7H3. The number of Topliss-reactive ketones (excluding diaryl/α,β-unsaturated/α-hetero) is 2. The van der Waals surface area contributed by atoms with Crippen LogP contribution in [0.25, 0.3) is 0 Å². The van der Waals surface area contributed by atoms with E-state index in [2.05, 4.69) is 65.1 Å². The fourth-order valence-corrected chi connectivity index (χ4v) is 16.6. The molecular weight excluding hydrogens is 737 g/mol. The Morgan fingerprint density at radius 3 is 2.44 bits per heavy atom. The Balaban J connectivity index is 1.07. The van der Waals surface area contributed by atoms with Crippen LogP contribution in [0.15, 0.2) is 59.7 Å². The molecule has 14 atom stereocenters. The molecule has 0 aromatic heterocycles. The van der Waals surface area contributed by atoms with Crippen molar-refractivity contribution in [3.05, 3.63) is 70.8 Å². The highest BCUT2D eigenvalue weighted by Gasteiger charge is 2.75. The van der Waals surface area contributed by atoms with Crippen LogP contribution in [-0.4, -0.2) is 63.4 Å². The Labute approximate surface area is 352 Å². The summed E-state index contributed by atoms with van der Waals surface area (Å²) in [5, 5.41) is 37.3. The monoisotopic (exact) mass is 807 g/mol. The maximum Gasteiger partial charge on any atom is 0.160 e. The Bertz CT molecular complexity index is 2060. The lowest BCUT2D eigenvalue weighted by Gasteiger charge is -2.71. The van der Waals surface area contributed by atoms with Crippen LogP contribution in [-0.2, 0) is 19.7 Å². The van der Waals surface area contributed by atoms with Crippen molar-refractivity contribution >= 4 is 17.3 Å². The van der Waals surface area contributed by atoms with Gasteiger partial charge in [0.25, 0.3) is 0 Å². The van der Waals surface area contributed by atoms with E-state index in [1.54, 1.807) is 6.07 Å². The first kappa shape index (κ1) is 41.3. The number of carbonyl (C=O) groups excluding carboxylic acids is 2. The predicted octanol–water partition coefficient (Wildman–Crippen LogP) is 8.56. The normalized spacial score (nSPS) is 42.5. The van der Waals surface area contributed by atoms with Crippen LogP contribution in [0, 0.1) is 45.3 Å². The van der Waals surface area contributed by atoms with E-state index in [9.17, 15) is 20.1 Å². The molecule has 7 aliphatic rings. The van der Waals surface area contributed by atoms with Crippen molar-refractivity contribution in [2.24, 2.45) is 45.3 Å². The van der Waals surface area contributed by atoms with Gasteiger partial charge in [-0.3, -0.25) is 9.59 Å². The van der Waals surface area contributed by atoms with E-state index in [0.717, 1.165) is 68.2 Å². The predicted molar refractivity (Wildman–Crippen MR) is 231 cm³/mol. The number of aliphatic hydroxyl groups excluding tert-OH is 2. The molecule has 0 radical (unpaired) electrons. The molecule has 5 saturated carbocycles. The first-order valence-corrected chi connectivity index (χ1v) is 23.1. The van der Waals surface area contributed by atoms with Gasteiger partial charge < -0.3 is 31.1 Å². The molecule has 14 unspecified atom stereocenters. The van der Waals surface area contributed by atoms with E-state index in [4.69, 9.17) is 10.5 Å². The number of allylic oxidation sites excluding steroid dienone is 2. The molecule has 5 bridgehead atoms. The molecule has 59 heavy (non-hydrogen) atoms. The lowest BCUT2D eigenvalue weighted by atomic mass is 9.33. The van der Waals surface area contributed by atoms with Crippen molar-refractivity contribution in [1.29, 1.82) is 0 Å². The molecule has 6 N–H and O–H groups in total. The number of nitrogens with two attached hydrogens (primary N) is 1. The zero-order valence-corrected chi connectivity index (χ0v) is 36.7. The molecule has 9 rings (SSSR count). The van der Waals surface area contributed by atoms with Crippen LogP contribution >= 0.6 is 0 Å². The van der Waals surface area contributed by atoms with Crippen LogP contribution < -0.4 is 11.1 Å². The number of rotatable bonds is 10. The summed E-state index contributed by atoms with van der Waals surface area (Å²) in [6.45, 7) is 15.9. The average Bonchev–Trinajstić information content (AvgIpc) is 3.46. The van der Waals surface area contributed by atoms with Gasteiger partial charge in [-0.15, -0.1) is 0 Å². The van der Waals surface area contributed by atoms with Gasteiger partial charge in [-0.25, -0.2) is 0 Å². The number of carbonyl (C=O) groups is 2. The Morgan fingerprint density at radius 2 is 1.71 bits per heavy atom. The molecule has 2 aromatic carbocycles. The maximum atomic E-state index is 15.4. The van der Waals surface area contributed by atoms with Crippen molar-refractivity contribution in [2.45, 2.75) is 167 Å². The number of ketones is 2. The number of nitrogens with one attached hydrogen (secondary N) is 1. The molecule has 2 aromatic rings. The molecular formula is C51H70N2O6. The first-order chi connectivity index (χ1) is 27.8. The highest BCUT2D eigenvalue weighted by atomic mass is 16.6. The molecule has 320 valence electrons. The van der Waals surface area contributed by atoms with Crippen molar-refractivity contribution < 1.29 is 29.6 Å². The van der Waals surface area contributed by atoms with Crippen molar-refractivity contribution in [2.75, 3.05) is 12.3 Å². The van der Waals surface area contributed by atoms with Gasteiger partial charge in [-0.1, -0.05) is 77.3 Å². The number of fused-ring (bicyclic) bond motifs is 1. The van der Waals surface area contributed by atoms with Gasteiger partial charge in [0.1, 0.15) is 17.6 Å². The molecule has 1 aliphatic heterocycles. The second-order valence-corrected chi connectivity index (χ2v) is 22.1. The Morgan fingerprint density at radius 1 is 0.949 bits per heavy atom. The Hall–Kier alpha value is -3.04. The summed E-state index contributed by atoms with van der Waals surface area (Å²) in [5.41, 5.74) is 8.73. The summed E-state index contributed by atoms with van der Waals surface area (Å²) in [7, 11) is 0. The fourth-order valence-electron chi connectivity index (χ4n) is 16.6. The highest BCUT2D eigenvalue weighted by molar-refractivity contribution is 6.01. The number of benzene rings is 2. The first-order valence-electron chi connectivity index (χ1n) is 23.1. The lowest BCUT2D eigenvalue weighted by Crippen LogP contribution is -2.72. The molecule has 8 nitrogen and oxygen atoms in total. The SMILES string of the molecule is CC(O)CNC1CC2(C)C3CCC4=C(C(C)CC(O)C5OC5(C)C5CCCC5c5cccc(N)c5)C(=O)CC42CCCC2(c4cccc(O)c4)CC3(C)C1C(C)(C)C2=O. The number of epoxide rings is 1. The van der Waals surface area contributed by atoms with Gasteiger partial charge in [-0.05, 0) is 153 Å². The lowest BCUT2D eigenvalue weighted by molar-refractivity contribution is -0.201. The molecule has 1 saturated heterocycles. The van der Waals surface area contributed by atoms with Crippen molar-refractivity contribution in [1.82, 2.24) is 5.32 Å². The van der Waals surface area contributed by atoms with E-state index in [1.165, 1.54) is 11.1 Å². The second-order valence-electron chi connectivity index (χ2n) is 22.1. The van der Waals surface area contributed by atoms with Gasteiger partial charge in [0.05, 0.1) is 23.2 Å². The minimum Gasteiger partial charge on any atom is -0.508 e. The zero-order chi connectivity index (χ0) is 42.1. The van der Waals surface area contributed by atoms with Gasteiger partial charge >= 0.3 is 0 Å². The van der Waals surface area contributed by atoms with Crippen LogP contribution in [0.1, 0.15) is 143 Å². The zero-order valence-electron chi connectivity index (χ0n) is 36.7. The summed E-state index contributed by atoms with van der Waals surface area (Å²) in [4.78, 5) is 30.3. The van der Waals surface area contributed by atoms with E-state index in [1.807, 2.05) is 31.2 Å². The number of phenolic OH excluding ortho intramolecular Hbond substituents is 1. The number of hydrogen-bond acceptors (Lipinski definition) is 8. The number of ether oxygens (including phenoxy) is 1. The third kappa shape index (κ3) is 5.95. The van der Waals surface area contributed by atoms with Gasteiger partial charge in [0.2, 0.25) is 0 Å². The quantitative estimate of drug-likeness (QED) is 0.119. The summed E-state index contributed by atoms with van der Waals surface area (Å²) >= 11 is 0. The number of phenols is 1. The minimum atomic E-state index is -0.760. The van der Waals surface area contributed by atoms with Crippen molar-refractivity contribution in [3.63, 3.8) is 0 Å². The summed E-state index contributed by atoms with van der Waals surface area (Å²) in [6, 6.07) is 15.7. The number of anilines is 1. The smallest absolute Gasteiger partial charge is 0.160 e. The Kier molecular flexibility index (Phi) is 9.80. The van der Waals surface area contributed by atoms with E-state index in [-0.39, 0.29) is 63.5 Å². The molecule has 1 heterocycles. The van der Waals surface area contributed by atoms with Crippen molar-refractivity contribution in [3.8, 4) is 5.75 Å². The summed E-state index contributed by atoms with van der Waals surface area (Å²) < 4.78 is 6.52. The fraction of sp³-hybridized carbons (Fsp3) is 0.686. The maximum absolute atomic E-state index is 15.4. The topological polar surface area (TPSA) is 145 Å². The van der Waals surface area contributed by atoms with Crippen LogP contribution in [0.2, 0.25) is 0 Å². The van der Waals surface area contributed by atoms with Crippen LogP contribution in [0.3, 0.4) is 0 Å². The molecule has 6 fully saturated rings. The average molecular weight is 807 g/mol. The third-order valence-corrected chi connectivity index (χ3v) is 18.4. The van der Waals surface area contributed by atoms with Crippen LogP contribution in [0.5, 0.6) is 5.75 Å². The highest BCUT2D eigenvalue weighted by Crippen LogP contribution is 2.77. The number of nitrogen functional groups attached to an aromatic ring is 1. The van der Waals surface area contributed by atoms with Gasteiger partial charge in [-0.2, -0.15) is 0 Å². The number of aliphatic hydroxyl groups is 2. The van der Waals surface area contributed by atoms with E-state index < -0.39 is 28.6 Å². The number of hydrogen-bond donors (Lipinski definition) is 5.